The van der Waals surface area contributed by atoms with Crippen LogP contribution in [-0.2, 0) is 4.74 Å². The Balaban J connectivity index is 1.83. The van der Waals surface area contributed by atoms with Crippen LogP contribution in [0.5, 0.6) is 0 Å². The van der Waals surface area contributed by atoms with Gasteiger partial charge in [-0.3, -0.25) is 4.90 Å². The molecule has 3 nitrogen and oxygen atoms in total. The summed E-state index contributed by atoms with van der Waals surface area (Å²) in [6, 6.07) is 0.679. The quantitative estimate of drug-likeness (QED) is 0.813. The van der Waals surface area contributed by atoms with Crippen molar-refractivity contribution in [3.63, 3.8) is 0 Å². The van der Waals surface area contributed by atoms with Gasteiger partial charge in [0.05, 0.1) is 6.10 Å². The Morgan fingerprint density at radius 1 is 1.28 bits per heavy atom. The van der Waals surface area contributed by atoms with Crippen LogP contribution in [0.25, 0.3) is 0 Å². The number of likely N-dealkylation sites (N-methyl/N-ethyl adjacent to an activating group) is 1. The first-order valence-electron chi connectivity index (χ1n) is 7.67. The zero-order valence-corrected chi connectivity index (χ0v) is 12.3. The van der Waals surface area contributed by atoms with Crippen molar-refractivity contribution in [2.75, 3.05) is 33.8 Å². The van der Waals surface area contributed by atoms with Crippen LogP contribution in [0.2, 0.25) is 0 Å². The first-order valence-corrected chi connectivity index (χ1v) is 7.67. The highest BCUT2D eigenvalue weighted by Crippen LogP contribution is 2.29. The van der Waals surface area contributed by atoms with Crippen LogP contribution in [-0.4, -0.2) is 50.8 Å². The Bertz CT molecular complexity index is 241. The Morgan fingerprint density at radius 2 is 2.00 bits per heavy atom. The van der Waals surface area contributed by atoms with Gasteiger partial charge in [-0.1, -0.05) is 19.8 Å². The Kier molecular flexibility index (Phi) is 5.46. The summed E-state index contributed by atoms with van der Waals surface area (Å²) in [6.45, 7) is 5.88. The highest BCUT2D eigenvalue weighted by molar-refractivity contribution is 4.86. The molecule has 0 aromatic rings. The molecule has 106 valence electrons. The number of hydrogen-bond acceptors (Lipinski definition) is 3. The number of rotatable bonds is 5. The van der Waals surface area contributed by atoms with E-state index in [1.54, 1.807) is 0 Å². The molecule has 1 saturated heterocycles. The second kappa shape index (κ2) is 6.88. The van der Waals surface area contributed by atoms with Gasteiger partial charge in [0, 0.05) is 26.2 Å². The van der Waals surface area contributed by atoms with E-state index >= 15 is 0 Å². The van der Waals surface area contributed by atoms with Gasteiger partial charge in [0.15, 0.2) is 0 Å². The minimum Gasteiger partial charge on any atom is -0.380 e. The van der Waals surface area contributed by atoms with Crippen molar-refractivity contribution in [1.82, 2.24) is 10.2 Å². The number of methoxy groups -OCH3 is 1. The molecule has 1 aliphatic heterocycles. The minimum absolute atomic E-state index is 0.430. The summed E-state index contributed by atoms with van der Waals surface area (Å²) in [6.07, 6.45) is 7.41. The Hall–Kier alpha value is -0.120. The van der Waals surface area contributed by atoms with Crippen LogP contribution < -0.4 is 5.32 Å². The molecule has 2 rings (SSSR count). The number of ether oxygens (including phenoxy) is 1. The van der Waals surface area contributed by atoms with Gasteiger partial charge in [0.1, 0.15) is 0 Å². The van der Waals surface area contributed by atoms with Gasteiger partial charge in [-0.15, -0.1) is 0 Å². The van der Waals surface area contributed by atoms with Crippen molar-refractivity contribution < 1.29 is 4.74 Å². The summed E-state index contributed by atoms with van der Waals surface area (Å²) in [7, 11) is 3.99. The second-order valence-electron chi connectivity index (χ2n) is 6.24. The van der Waals surface area contributed by atoms with Gasteiger partial charge in [-0.05, 0) is 44.7 Å². The van der Waals surface area contributed by atoms with E-state index < -0.39 is 0 Å². The summed E-state index contributed by atoms with van der Waals surface area (Å²) in [5.41, 5.74) is 0. The lowest BCUT2D eigenvalue weighted by Gasteiger charge is -2.39. The maximum Gasteiger partial charge on any atom is 0.0724 e. The molecule has 1 heterocycles. The molecule has 3 heteroatoms. The zero-order chi connectivity index (χ0) is 13.0. The molecule has 18 heavy (non-hydrogen) atoms. The predicted molar refractivity (Wildman–Crippen MR) is 75.8 cm³/mol. The third-order valence-corrected chi connectivity index (χ3v) is 5.07. The normalized spacial score (nSPS) is 32.8. The molecule has 0 aromatic carbocycles. The van der Waals surface area contributed by atoms with Crippen LogP contribution in [0, 0.1) is 11.8 Å². The van der Waals surface area contributed by atoms with Crippen LogP contribution in [0.15, 0.2) is 0 Å². The molecule has 0 amide bonds. The van der Waals surface area contributed by atoms with Crippen LogP contribution in [0.4, 0.5) is 0 Å². The fraction of sp³-hybridized carbons (Fsp3) is 1.00. The summed E-state index contributed by atoms with van der Waals surface area (Å²) in [4.78, 5) is 2.60. The Morgan fingerprint density at radius 3 is 2.61 bits per heavy atom. The molecular formula is C15H30N2O. The lowest BCUT2D eigenvalue weighted by molar-refractivity contribution is -0.00899. The highest BCUT2D eigenvalue weighted by atomic mass is 16.5. The molecule has 1 saturated carbocycles. The van der Waals surface area contributed by atoms with Crippen molar-refractivity contribution >= 4 is 0 Å². The summed E-state index contributed by atoms with van der Waals surface area (Å²) >= 11 is 0. The molecule has 3 atom stereocenters. The first kappa shape index (κ1) is 14.3. The topological polar surface area (TPSA) is 24.5 Å². The largest absolute Gasteiger partial charge is 0.380 e. The van der Waals surface area contributed by atoms with E-state index in [0.29, 0.717) is 18.1 Å². The first-order chi connectivity index (χ1) is 8.74. The van der Waals surface area contributed by atoms with Gasteiger partial charge in [-0.2, -0.15) is 0 Å². The van der Waals surface area contributed by atoms with Gasteiger partial charge in [0.25, 0.3) is 0 Å². The number of piperidine rings is 1. The van der Waals surface area contributed by atoms with E-state index in [1.165, 1.54) is 45.2 Å². The molecule has 2 fully saturated rings. The van der Waals surface area contributed by atoms with Crippen molar-refractivity contribution in [3.8, 4) is 0 Å². The standard InChI is InChI=1S/C15H30N2O/c1-12-8-9-17(11-15(12)18-3)10-14(16-2)13-6-4-5-7-13/h12-16H,4-11H2,1-3H3. The molecular weight excluding hydrogens is 224 g/mol. The number of nitrogens with zero attached hydrogens (tertiary/aromatic N) is 1. The van der Waals surface area contributed by atoms with Crippen LogP contribution in [0.3, 0.4) is 0 Å². The maximum absolute atomic E-state index is 5.61. The monoisotopic (exact) mass is 254 g/mol. The SMILES string of the molecule is CNC(CN1CCC(C)C(OC)C1)C1CCCC1. The van der Waals surface area contributed by atoms with Crippen molar-refractivity contribution in [3.05, 3.63) is 0 Å². The van der Waals surface area contributed by atoms with E-state index in [4.69, 9.17) is 4.74 Å². The van der Waals surface area contributed by atoms with Crippen molar-refractivity contribution in [2.24, 2.45) is 11.8 Å². The number of likely N-dealkylation sites (tertiary alicyclic amines) is 1. The second-order valence-corrected chi connectivity index (χ2v) is 6.24. The summed E-state index contributed by atoms with van der Waals surface area (Å²) in [5, 5.41) is 3.55. The van der Waals surface area contributed by atoms with Crippen molar-refractivity contribution in [1.29, 1.82) is 0 Å². The molecule has 0 spiro atoms. The summed E-state index contributed by atoms with van der Waals surface area (Å²) in [5.74, 6) is 1.61. The third kappa shape index (κ3) is 3.46. The third-order valence-electron chi connectivity index (χ3n) is 5.07. The molecule has 2 aliphatic rings. The molecule has 0 aromatic heterocycles. The van der Waals surface area contributed by atoms with E-state index in [-0.39, 0.29) is 0 Å². The lowest BCUT2D eigenvalue weighted by Crippen LogP contribution is -2.50. The van der Waals surface area contributed by atoms with E-state index in [2.05, 4.69) is 24.2 Å². The minimum atomic E-state index is 0.430. The number of hydrogen-bond donors (Lipinski definition) is 1. The molecule has 0 radical (unpaired) electrons. The molecule has 0 bridgehead atoms. The average Bonchev–Trinajstić information content (AvgIpc) is 2.91. The lowest BCUT2D eigenvalue weighted by atomic mass is 9.93. The Labute approximate surface area is 112 Å². The van der Waals surface area contributed by atoms with E-state index in [0.717, 1.165) is 12.5 Å². The zero-order valence-electron chi connectivity index (χ0n) is 12.3. The molecule has 1 N–H and O–H groups in total. The van der Waals surface area contributed by atoms with Crippen molar-refractivity contribution in [2.45, 2.75) is 51.2 Å². The smallest absolute Gasteiger partial charge is 0.0724 e. The molecule has 3 unspecified atom stereocenters. The van der Waals surface area contributed by atoms with Gasteiger partial charge in [-0.25, -0.2) is 0 Å². The maximum atomic E-state index is 5.61. The molecule has 1 aliphatic carbocycles. The fourth-order valence-electron chi connectivity index (χ4n) is 3.68. The fourth-order valence-corrected chi connectivity index (χ4v) is 3.68. The number of nitrogens with one attached hydrogen (secondary N) is 1. The van der Waals surface area contributed by atoms with Gasteiger partial charge < -0.3 is 10.1 Å². The van der Waals surface area contributed by atoms with Crippen LogP contribution in [0.1, 0.15) is 39.0 Å². The van der Waals surface area contributed by atoms with Crippen LogP contribution >= 0.6 is 0 Å². The van der Waals surface area contributed by atoms with E-state index in [1.807, 2.05) is 7.11 Å². The highest BCUT2D eigenvalue weighted by Gasteiger charge is 2.30. The average molecular weight is 254 g/mol. The van der Waals surface area contributed by atoms with Gasteiger partial charge in [0.2, 0.25) is 0 Å². The summed E-state index contributed by atoms with van der Waals surface area (Å²) < 4.78 is 5.61. The predicted octanol–water partition coefficient (Wildman–Crippen LogP) is 2.12. The van der Waals surface area contributed by atoms with Gasteiger partial charge >= 0.3 is 0 Å². The van der Waals surface area contributed by atoms with E-state index in [9.17, 15) is 0 Å².